The molecule has 1 fully saturated rings. The fraction of sp³-hybridized carbons (Fsp3) is 0.429. The lowest BCUT2D eigenvalue weighted by molar-refractivity contribution is -0.189. The summed E-state index contributed by atoms with van der Waals surface area (Å²) in [6.45, 7) is 0.701. The Hall–Kier alpha value is -1.18. The third-order valence-electron chi connectivity index (χ3n) is 3.49. The quantitative estimate of drug-likeness (QED) is 0.901. The average molecular weight is 344 g/mol. The van der Waals surface area contributed by atoms with Gasteiger partial charge in [-0.25, -0.2) is 9.67 Å². The fourth-order valence-corrected chi connectivity index (χ4v) is 3.04. The van der Waals surface area contributed by atoms with Gasteiger partial charge in [-0.05, 0) is 18.6 Å². The summed E-state index contributed by atoms with van der Waals surface area (Å²) in [4.78, 5) is 3.93. The largest absolute Gasteiger partial charge is 0.396 e. The summed E-state index contributed by atoms with van der Waals surface area (Å²) in [5.41, 5.74) is 0.675. The summed E-state index contributed by atoms with van der Waals surface area (Å²) in [5.74, 6) is -1.07. The van der Waals surface area contributed by atoms with Gasteiger partial charge in [-0.15, -0.1) is 0 Å². The lowest BCUT2D eigenvalue weighted by Crippen LogP contribution is -2.34. The maximum Gasteiger partial charge on any atom is 0.217 e. The highest BCUT2D eigenvalue weighted by Crippen LogP contribution is 2.40. The van der Waals surface area contributed by atoms with Crippen LogP contribution < -0.4 is 0 Å². The predicted molar refractivity (Wildman–Crippen MR) is 80.7 cm³/mol. The monoisotopic (exact) mass is 343 g/mol. The van der Waals surface area contributed by atoms with E-state index in [9.17, 15) is 0 Å². The zero-order chi connectivity index (χ0) is 15.6. The van der Waals surface area contributed by atoms with Gasteiger partial charge in [0.1, 0.15) is 19.2 Å². The van der Waals surface area contributed by atoms with Gasteiger partial charge >= 0.3 is 0 Å². The van der Waals surface area contributed by atoms with Gasteiger partial charge in [0.15, 0.2) is 0 Å². The van der Waals surface area contributed by atoms with Crippen molar-refractivity contribution < 1.29 is 14.6 Å². The molecule has 1 N–H and O–H groups in total. The molecule has 2 unspecified atom stereocenters. The summed E-state index contributed by atoms with van der Waals surface area (Å²) in [6.07, 6.45) is 3.31. The van der Waals surface area contributed by atoms with Crippen LogP contribution in [0.2, 0.25) is 10.0 Å². The molecule has 0 aliphatic carbocycles. The number of rotatable bonds is 5. The van der Waals surface area contributed by atoms with E-state index in [0.29, 0.717) is 35.2 Å². The number of halogens is 2. The van der Waals surface area contributed by atoms with E-state index < -0.39 is 5.79 Å². The van der Waals surface area contributed by atoms with E-state index in [0.717, 1.165) is 0 Å². The molecule has 2 aromatic rings. The van der Waals surface area contributed by atoms with E-state index in [1.807, 2.05) is 0 Å². The Balaban J connectivity index is 1.96. The van der Waals surface area contributed by atoms with Gasteiger partial charge in [-0.1, -0.05) is 29.3 Å². The Morgan fingerprint density at radius 3 is 2.95 bits per heavy atom. The molecule has 0 spiro atoms. The number of hydrogen-bond donors (Lipinski definition) is 1. The Morgan fingerprint density at radius 1 is 1.41 bits per heavy atom. The third-order valence-corrected chi connectivity index (χ3v) is 4.04. The summed E-state index contributed by atoms with van der Waals surface area (Å²) in [6, 6.07) is 5.16. The number of aliphatic hydroxyl groups excluding tert-OH is 1. The van der Waals surface area contributed by atoms with Gasteiger partial charge < -0.3 is 14.6 Å². The van der Waals surface area contributed by atoms with Crippen LogP contribution in [0.25, 0.3) is 0 Å². The minimum absolute atomic E-state index is 0.0295. The zero-order valence-electron chi connectivity index (χ0n) is 11.7. The van der Waals surface area contributed by atoms with Gasteiger partial charge in [0, 0.05) is 17.2 Å². The topological polar surface area (TPSA) is 69.4 Å². The van der Waals surface area contributed by atoms with Crippen molar-refractivity contribution in [3.05, 3.63) is 46.5 Å². The van der Waals surface area contributed by atoms with Crippen LogP contribution in [0.3, 0.4) is 0 Å². The second-order valence-electron chi connectivity index (χ2n) is 5.03. The second-order valence-corrected chi connectivity index (χ2v) is 5.88. The molecule has 1 aromatic heterocycles. The van der Waals surface area contributed by atoms with Crippen LogP contribution in [0.1, 0.15) is 12.0 Å². The van der Waals surface area contributed by atoms with Crippen LogP contribution in [-0.2, 0) is 21.8 Å². The molecule has 1 saturated heterocycles. The summed E-state index contributed by atoms with van der Waals surface area (Å²) >= 11 is 12.3. The first-order valence-electron chi connectivity index (χ1n) is 6.83. The molecule has 0 radical (unpaired) electrons. The first-order chi connectivity index (χ1) is 10.6. The van der Waals surface area contributed by atoms with Gasteiger partial charge in [-0.2, -0.15) is 5.10 Å². The molecular formula is C14H15Cl2N3O3. The highest BCUT2D eigenvalue weighted by molar-refractivity contribution is 6.35. The molecule has 0 amide bonds. The fourth-order valence-electron chi connectivity index (χ4n) is 2.49. The maximum absolute atomic E-state index is 9.11. The standard InChI is InChI=1S/C14H15Cl2N3O3/c15-10-1-2-12(13(16)5-10)14(7-19-9-17-8-18-19)21-6-11(22-14)3-4-20/h1-2,5,8-9,11,20H,3-4,6-7H2. The molecule has 8 heteroatoms. The molecule has 1 aliphatic heterocycles. The van der Waals surface area contributed by atoms with E-state index in [1.165, 1.54) is 6.33 Å². The predicted octanol–water partition coefficient (Wildman–Crippen LogP) is 2.24. The van der Waals surface area contributed by atoms with Gasteiger partial charge in [-0.3, -0.25) is 0 Å². The minimum Gasteiger partial charge on any atom is -0.396 e. The van der Waals surface area contributed by atoms with Crippen LogP contribution in [0.5, 0.6) is 0 Å². The lowest BCUT2D eigenvalue weighted by Gasteiger charge is -2.29. The van der Waals surface area contributed by atoms with Gasteiger partial charge in [0.25, 0.3) is 0 Å². The summed E-state index contributed by atoms with van der Waals surface area (Å²) in [7, 11) is 0. The molecule has 2 atom stereocenters. The van der Waals surface area contributed by atoms with Crippen molar-refractivity contribution in [2.45, 2.75) is 24.9 Å². The molecule has 118 valence electrons. The van der Waals surface area contributed by atoms with Crippen molar-refractivity contribution in [3.63, 3.8) is 0 Å². The Kier molecular flexibility index (Phi) is 4.65. The van der Waals surface area contributed by atoms with Crippen molar-refractivity contribution in [1.82, 2.24) is 14.8 Å². The normalized spacial score (nSPS) is 24.8. The van der Waals surface area contributed by atoms with Gasteiger partial charge in [0.2, 0.25) is 5.79 Å². The van der Waals surface area contributed by atoms with Crippen LogP contribution in [-0.4, -0.2) is 39.2 Å². The summed E-state index contributed by atoms with van der Waals surface area (Å²) < 4.78 is 13.6. The Labute approximate surface area is 137 Å². The van der Waals surface area contributed by atoms with Crippen molar-refractivity contribution in [2.75, 3.05) is 13.2 Å². The Morgan fingerprint density at radius 2 is 2.27 bits per heavy atom. The van der Waals surface area contributed by atoms with Gasteiger partial charge in [0.05, 0.1) is 17.7 Å². The molecule has 0 bridgehead atoms. The summed E-state index contributed by atoms with van der Waals surface area (Å²) in [5, 5.41) is 14.2. The van der Waals surface area contributed by atoms with Crippen molar-refractivity contribution >= 4 is 23.2 Å². The number of ether oxygens (including phenoxy) is 2. The second kappa shape index (κ2) is 6.52. The molecule has 6 nitrogen and oxygen atoms in total. The lowest BCUT2D eigenvalue weighted by atomic mass is 10.1. The van der Waals surface area contributed by atoms with E-state index in [1.54, 1.807) is 29.2 Å². The highest BCUT2D eigenvalue weighted by Gasteiger charge is 2.45. The Bertz CT molecular complexity index is 638. The number of hydrogen-bond acceptors (Lipinski definition) is 5. The number of aromatic nitrogens is 3. The van der Waals surface area contributed by atoms with Crippen LogP contribution in [0, 0.1) is 0 Å². The number of aliphatic hydroxyl groups is 1. The molecule has 2 heterocycles. The van der Waals surface area contributed by atoms with E-state index >= 15 is 0 Å². The zero-order valence-corrected chi connectivity index (χ0v) is 13.2. The van der Waals surface area contributed by atoms with Crippen molar-refractivity contribution in [3.8, 4) is 0 Å². The smallest absolute Gasteiger partial charge is 0.217 e. The molecule has 1 aromatic carbocycles. The first kappa shape index (κ1) is 15.7. The highest BCUT2D eigenvalue weighted by atomic mass is 35.5. The van der Waals surface area contributed by atoms with E-state index in [2.05, 4.69) is 10.1 Å². The molecule has 0 saturated carbocycles. The third kappa shape index (κ3) is 3.11. The van der Waals surface area contributed by atoms with Crippen molar-refractivity contribution in [1.29, 1.82) is 0 Å². The minimum atomic E-state index is -1.07. The molecule has 22 heavy (non-hydrogen) atoms. The van der Waals surface area contributed by atoms with E-state index in [-0.39, 0.29) is 12.7 Å². The van der Waals surface area contributed by atoms with Crippen LogP contribution in [0.4, 0.5) is 0 Å². The van der Waals surface area contributed by atoms with Crippen LogP contribution >= 0.6 is 23.2 Å². The average Bonchev–Trinajstić information content (AvgIpc) is 3.10. The van der Waals surface area contributed by atoms with Crippen molar-refractivity contribution in [2.24, 2.45) is 0 Å². The first-order valence-corrected chi connectivity index (χ1v) is 7.59. The van der Waals surface area contributed by atoms with E-state index in [4.69, 9.17) is 37.8 Å². The SMILES string of the molecule is OCCC1COC(Cn2cncn2)(c2ccc(Cl)cc2Cl)O1. The maximum atomic E-state index is 9.11. The molecule has 1 aliphatic rings. The van der Waals surface area contributed by atoms with Crippen LogP contribution in [0.15, 0.2) is 30.9 Å². The molecule has 3 rings (SSSR count). The number of benzene rings is 1. The molecular weight excluding hydrogens is 329 g/mol. The number of nitrogens with zero attached hydrogens (tertiary/aromatic N) is 3.